The van der Waals surface area contributed by atoms with Gasteiger partial charge in [-0.1, -0.05) is 60.7 Å². The summed E-state index contributed by atoms with van der Waals surface area (Å²) in [4.78, 5) is 16.4. The van der Waals surface area contributed by atoms with Gasteiger partial charge < -0.3 is 20.7 Å². The molecule has 0 radical (unpaired) electrons. The number of hydrogen-bond donors (Lipinski definition) is 3. The van der Waals surface area contributed by atoms with Crippen molar-refractivity contribution in [1.29, 1.82) is 0 Å². The lowest BCUT2D eigenvalue weighted by Gasteiger charge is -2.26. The number of halogens is 1. The summed E-state index contributed by atoms with van der Waals surface area (Å²) < 4.78 is 5.92. The summed E-state index contributed by atoms with van der Waals surface area (Å²) >= 11 is 0. The first-order valence-electron chi connectivity index (χ1n) is 10.8. The van der Waals surface area contributed by atoms with Crippen LogP contribution in [0.5, 0.6) is 5.75 Å². The number of rotatable bonds is 7. The van der Waals surface area contributed by atoms with Gasteiger partial charge in [0.05, 0.1) is 0 Å². The number of hydrogen-bond acceptors (Lipinski definition) is 3. The van der Waals surface area contributed by atoms with Crippen molar-refractivity contribution in [2.24, 2.45) is 4.99 Å². The fraction of sp³-hybridized carbons (Fsp3) is 0.231. The van der Waals surface area contributed by atoms with Crippen LogP contribution in [0.2, 0.25) is 0 Å². The Morgan fingerprint density at radius 1 is 1.00 bits per heavy atom. The van der Waals surface area contributed by atoms with Gasteiger partial charge in [0, 0.05) is 38.2 Å². The smallest absolute Gasteiger partial charge is 0.225 e. The van der Waals surface area contributed by atoms with E-state index in [4.69, 9.17) is 4.74 Å². The summed E-state index contributed by atoms with van der Waals surface area (Å²) in [6.45, 7) is 1.78. The van der Waals surface area contributed by atoms with Crippen molar-refractivity contribution in [2.75, 3.05) is 18.9 Å². The number of fused-ring (bicyclic) bond motifs is 1. The molecule has 3 aromatic rings. The van der Waals surface area contributed by atoms with Crippen LogP contribution < -0.4 is 20.7 Å². The first-order valence-corrected chi connectivity index (χ1v) is 10.8. The highest BCUT2D eigenvalue weighted by atomic mass is 127. The number of aliphatic imine (C=N–C) groups is 1. The predicted octanol–water partition coefficient (Wildman–Crippen LogP) is 4.67. The minimum absolute atomic E-state index is 0. The molecule has 0 spiro atoms. The third-order valence-corrected chi connectivity index (χ3v) is 5.45. The van der Waals surface area contributed by atoms with Crippen molar-refractivity contribution in [3.8, 4) is 5.75 Å². The number of para-hydroxylation sites is 1. The van der Waals surface area contributed by atoms with Crippen LogP contribution in [0, 0.1) is 0 Å². The van der Waals surface area contributed by atoms with E-state index in [9.17, 15) is 4.79 Å². The maximum atomic E-state index is 12.0. The second kappa shape index (κ2) is 12.2. The summed E-state index contributed by atoms with van der Waals surface area (Å²) in [5.41, 5.74) is 4.28. The number of nitrogens with one attached hydrogen (secondary N) is 3. The molecule has 6 nitrogen and oxygen atoms in total. The van der Waals surface area contributed by atoms with Crippen molar-refractivity contribution in [2.45, 2.75) is 25.5 Å². The Hall–Kier alpha value is -3.07. The highest BCUT2D eigenvalue weighted by molar-refractivity contribution is 14.0. The molecule has 1 amide bonds. The van der Waals surface area contributed by atoms with Gasteiger partial charge in [0.25, 0.3) is 0 Å². The first kappa shape index (κ1) is 24.6. The highest BCUT2D eigenvalue weighted by Crippen LogP contribution is 2.31. The first-order chi connectivity index (χ1) is 15.7. The Bertz CT molecular complexity index is 1090. The van der Waals surface area contributed by atoms with E-state index in [0.717, 1.165) is 28.1 Å². The van der Waals surface area contributed by atoms with E-state index in [1.807, 2.05) is 54.6 Å². The largest absolute Gasteiger partial charge is 0.489 e. The van der Waals surface area contributed by atoms with E-state index in [1.54, 1.807) is 7.05 Å². The fourth-order valence-electron chi connectivity index (χ4n) is 3.80. The fourth-order valence-corrected chi connectivity index (χ4v) is 3.80. The number of carbonyl (C=O) groups is 1. The molecule has 3 aromatic carbocycles. The molecule has 0 bridgehead atoms. The van der Waals surface area contributed by atoms with E-state index < -0.39 is 0 Å². The number of benzene rings is 3. The summed E-state index contributed by atoms with van der Waals surface area (Å²) in [6, 6.07) is 26.1. The summed E-state index contributed by atoms with van der Waals surface area (Å²) in [7, 11) is 1.75. The average molecular weight is 556 g/mol. The normalized spacial score (nSPS) is 15.0. The van der Waals surface area contributed by atoms with E-state index in [-0.39, 0.29) is 35.8 Å². The van der Waals surface area contributed by atoms with Crippen LogP contribution in [0.4, 0.5) is 5.69 Å². The molecule has 0 aliphatic carbocycles. The molecule has 7 heteroatoms. The lowest BCUT2D eigenvalue weighted by Crippen LogP contribution is -2.40. The SMILES string of the molecule is CN=C(NCc1cccc(OCc2ccccc2)c1)NCC1CC(=O)Nc2ccccc21.I. The summed E-state index contributed by atoms with van der Waals surface area (Å²) in [5, 5.41) is 9.64. The quantitative estimate of drug-likeness (QED) is 0.225. The zero-order valence-corrected chi connectivity index (χ0v) is 20.9. The molecule has 33 heavy (non-hydrogen) atoms. The van der Waals surface area contributed by atoms with Crippen LogP contribution in [-0.4, -0.2) is 25.5 Å². The van der Waals surface area contributed by atoms with Gasteiger partial charge in [0.2, 0.25) is 5.91 Å². The van der Waals surface area contributed by atoms with Crippen LogP contribution in [0.15, 0.2) is 83.9 Å². The average Bonchev–Trinajstić information content (AvgIpc) is 2.83. The van der Waals surface area contributed by atoms with E-state index >= 15 is 0 Å². The monoisotopic (exact) mass is 556 g/mol. The molecule has 1 heterocycles. The molecule has 0 saturated carbocycles. The number of guanidine groups is 1. The van der Waals surface area contributed by atoms with E-state index in [2.05, 4.69) is 45.2 Å². The van der Waals surface area contributed by atoms with Gasteiger partial charge in [-0.2, -0.15) is 0 Å². The molecule has 172 valence electrons. The summed E-state index contributed by atoms with van der Waals surface area (Å²) in [6.07, 6.45) is 0.460. The molecule has 1 unspecified atom stereocenters. The molecular weight excluding hydrogens is 527 g/mol. The van der Waals surface area contributed by atoms with Gasteiger partial charge in [0.15, 0.2) is 5.96 Å². The van der Waals surface area contributed by atoms with Crippen molar-refractivity contribution in [1.82, 2.24) is 10.6 Å². The van der Waals surface area contributed by atoms with Crippen LogP contribution in [0.1, 0.15) is 29.0 Å². The number of carbonyl (C=O) groups excluding carboxylic acids is 1. The maximum absolute atomic E-state index is 12.0. The van der Waals surface area contributed by atoms with Gasteiger partial charge in [-0.3, -0.25) is 9.79 Å². The molecular formula is C26H29IN4O2. The van der Waals surface area contributed by atoms with Gasteiger partial charge >= 0.3 is 0 Å². The minimum Gasteiger partial charge on any atom is -0.489 e. The van der Waals surface area contributed by atoms with Crippen molar-refractivity contribution >= 4 is 41.5 Å². The lowest BCUT2D eigenvalue weighted by atomic mass is 9.90. The van der Waals surface area contributed by atoms with Gasteiger partial charge in [0.1, 0.15) is 12.4 Å². The Morgan fingerprint density at radius 2 is 1.76 bits per heavy atom. The van der Waals surface area contributed by atoms with E-state index in [0.29, 0.717) is 32.1 Å². The predicted molar refractivity (Wildman–Crippen MR) is 143 cm³/mol. The van der Waals surface area contributed by atoms with Gasteiger partial charge in [-0.15, -0.1) is 24.0 Å². The zero-order valence-electron chi connectivity index (χ0n) is 18.6. The van der Waals surface area contributed by atoms with Crippen molar-refractivity contribution < 1.29 is 9.53 Å². The van der Waals surface area contributed by atoms with Gasteiger partial charge in [-0.05, 0) is 34.9 Å². The number of ether oxygens (including phenoxy) is 1. The van der Waals surface area contributed by atoms with Crippen LogP contribution in [0.25, 0.3) is 0 Å². The van der Waals surface area contributed by atoms with Crippen LogP contribution in [-0.2, 0) is 17.9 Å². The highest BCUT2D eigenvalue weighted by Gasteiger charge is 2.24. The summed E-state index contributed by atoms with van der Waals surface area (Å²) in [5.74, 6) is 1.68. The minimum atomic E-state index is 0. The standard InChI is InChI=1S/C26H28N4O2.HI/c1-27-26(29-17-21-15-25(31)30-24-13-6-5-12-23(21)24)28-16-20-10-7-11-22(14-20)32-18-19-8-3-2-4-9-19;/h2-14,21H,15-18H2,1H3,(H,30,31)(H2,27,28,29);1H. The molecule has 3 N–H and O–H groups in total. The van der Waals surface area contributed by atoms with Crippen molar-refractivity contribution in [3.63, 3.8) is 0 Å². The maximum Gasteiger partial charge on any atom is 0.225 e. The third-order valence-electron chi connectivity index (χ3n) is 5.45. The topological polar surface area (TPSA) is 74.8 Å². The second-order valence-corrected chi connectivity index (χ2v) is 7.76. The Morgan fingerprint density at radius 3 is 2.58 bits per heavy atom. The van der Waals surface area contributed by atoms with E-state index in [1.165, 1.54) is 0 Å². The van der Waals surface area contributed by atoms with Crippen LogP contribution >= 0.6 is 24.0 Å². The molecule has 0 fully saturated rings. The molecule has 0 aromatic heterocycles. The zero-order chi connectivity index (χ0) is 22.2. The number of anilines is 1. The second-order valence-electron chi connectivity index (χ2n) is 7.76. The molecule has 1 aliphatic rings. The third kappa shape index (κ3) is 6.95. The van der Waals surface area contributed by atoms with Crippen molar-refractivity contribution in [3.05, 3.63) is 95.6 Å². The lowest BCUT2D eigenvalue weighted by molar-refractivity contribution is -0.116. The molecule has 1 aliphatic heterocycles. The Kier molecular flexibility index (Phi) is 9.12. The number of nitrogens with zero attached hydrogens (tertiary/aromatic N) is 1. The Balaban J connectivity index is 0.00000306. The Labute approximate surface area is 211 Å². The number of amides is 1. The molecule has 0 saturated heterocycles. The van der Waals surface area contributed by atoms with Gasteiger partial charge in [-0.25, -0.2) is 0 Å². The van der Waals surface area contributed by atoms with Crippen LogP contribution in [0.3, 0.4) is 0 Å². The molecule has 1 atom stereocenters. The molecule has 4 rings (SSSR count).